The Bertz CT molecular complexity index is 443. The summed E-state index contributed by atoms with van der Waals surface area (Å²) in [7, 11) is 3.76. The second kappa shape index (κ2) is 2.80. The number of benzene rings is 1. The minimum Gasteiger partial charge on any atom is -0.495 e. The molecule has 2 heteroatoms. The van der Waals surface area contributed by atoms with Crippen LogP contribution in [0, 0.1) is 6.92 Å². The molecule has 0 unspecified atom stereocenters. The maximum Gasteiger partial charge on any atom is 0.143 e. The van der Waals surface area contributed by atoms with E-state index in [1.165, 1.54) is 16.6 Å². The van der Waals surface area contributed by atoms with E-state index < -0.39 is 0 Å². The fraction of sp³-hybridized carbons (Fsp3) is 0.273. The van der Waals surface area contributed by atoms with E-state index in [9.17, 15) is 0 Å². The molecule has 0 atom stereocenters. The summed E-state index contributed by atoms with van der Waals surface area (Å²) < 4.78 is 7.45. The molecule has 0 radical (unpaired) electrons. The molecular weight excluding hydrogens is 162 g/mol. The molecule has 1 heterocycles. The molecular formula is C11H13NO. The summed E-state index contributed by atoms with van der Waals surface area (Å²) in [5.41, 5.74) is 2.42. The second-order valence-electron chi connectivity index (χ2n) is 3.24. The molecule has 1 aromatic heterocycles. The number of aromatic nitrogens is 1. The molecule has 0 saturated heterocycles. The smallest absolute Gasteiger partial charge is 0.143 e. The van der Waals surface area contributed by atoms with Crippen molar-refractivity contribution in [1.82, 2.24) is 4.57 Å². The van der Waals surface area contributed by atoms with Crippen LogP contribution in [0.25, 0.3) is 10.9 Å². The summed E-state index contributed by atoms with van der Waals surface area (Å²) in [5, 5.41) is 1.24. The van der Waals surface area contributed by atoms with Crippen molar-refractivity contribution >= 4 is 10.9 Å². The highest BCUT2D eigenvalue weighted by molar-refractivity contribution is 5.86. The lowest BCUT2D eigenvalue weighted by Crippen LogP contribution is -1.92. The van der Waals surface area contributed by atoms with E-state index in [1.54, 1.807) is 7.11 Å². The first-order valence-electron chi connectivity index (χ1n) is 4.33. The number of rotatable bonds is 1. The maximum atomic E-state index is 5.30. The van der Waals surface area contributed by atoms with Gasteiger partial charge in [0.05, 0.1) is 12.6 Å². The molecule has 0 saturated carbocycles. The number of fused-ring (bicyclic) bond motifs is 1. The third-order valence-electron chi connectivity index (χ3n) is 2.48. The lowest BCUT2D eigenvalue weighted by molar-refractivity contribution is 0.418. The molecule has 0 amide bonds. The largest absolute Gasteiger partial charge is 0.495 e. The van der Waals surface area contributed by atoms with Gasteiger partial charge in [0.25, 0.3) is 0 Å². The molecule has 13 heavy (non-hydrogen) atoms. The van der Waals surface area contributed by atoms with Crippen LogP contribution in [0.4, 0.5) is 0 Å². The summed E-state index contributed by atoms with van der Waals surface area (Å²) in [6.07, 6.45) is 0. The van der Waals surface area contributed by atoms with Gasteiger partial charge in [-0.2, -0.15) is 0 Å². The van der Waals surface area contributed by atoms with Gasteiger partial charge in [-0.15, -0.1) is 0 Å². The molecule has 0 aliphatic rings. The molecule has 2 rings (SSSR count). The van der Waals surface area contributed by atoms with E-state index in [1.807, 2.05) is 12.1 Å². The Morgan fingerprint density at radius 1 is 1.31 bits per heavy atom. The van der Waals surface area contributed by atoms with Crippen molar-refractivity contribution in [2.24, 2.45) is 7.05 Å². The summed E-state index contributed by atoms with van der Waals surface area (Å²) in [6, 6.07) is 8.27. The van der Waals surface area contributed by atoms with Crippen LogP contribution in [0.15, 0.2) is 24.3 Å². The highest BCUT2D eigenvalue weighted by atomic mass is 16.5. The van der Waals surface area contributed by atoms with Crippen molar-refractivity contribution < 1.29 is 4.74 Å². The molecule has 0 aliphatic heterocycles. The van der Waals surface area contributed by atoms with Crippen LogP contribution in [-0.2, 0) is 7.05 Å². The fourth-order valence-electron chi connectivity index (χ4n) is 1.68. The zero-order chi connectivity index (χ0) is 9.42. The maximum absolute atomic E-state index is 5.30. The first-order valence-corrected chi connectivity index (χ1v) is 4.33. The van der Waals surface area contributed by atoms with Crippen LogP contribution in [0.2, 0.25) is 0 Å². The highest BCUT2D eigenvalue weighted by Crippen LogP contribution is 2.27. The molecule has 0 aliphatic carbocycles. The predicted molar refractivity (Wildman–Crippen MR) is 54.2 cm³/mol. The molecule has 68 valence electrons. The van der Waals surface area contributed by atoms with Crippen LogP contribution in [0.3, 0.4) is 0 Å². The summed E-state index contributed by atoms with van der Waals surface area (Å²) in [5.74, 6) is 0.938. The van der Waals surface area contributed by atoms with Gasteiger partial charge in [0.2, 0.25) is 0 Å². The average molecular weight is 175 g/mol. The Morgan fingerprint density at radius 3 is 2.77 bits per heavy atom. The number of ether oxygens (including phenoxy) is 1. The van der Waals surface area contributed by atoms with Crippen LogP contribution >= 0.6 is 0 Å². The molecule has 0 bridgehead atoms. The van der Waals surface area contributed by atoms with E-state index in [0.717, 1.165) is 5.75 Å². The fourth-order valence-corrected chi connectivity index (χ4v) is 1.68. The van der Waals surface area contributed by atoms with E-state index in [-0.39, 0.29) is 0 Å². The molecule has 2 aromatic rings. The number of nitrogens with zero attached hydrogens (tertiary/aromatic N) is 1. The predicted octanol–water partition coefficient (Wildman–Crippen LogP) is 2.50. The Morgan fingerprint density at radius 2 is 2.08 bits per heavy atom. The third kappa shape index (κ3) is 1.10. The first-order chi connectivity index (χ1) is 6.24. The summed E-state index contributed by atoms with van der Waals surface area (Å²) in [6.45, 7) is 2.10. The third-order valence-corrected chi connectivity index (χ3v) is 2.48. The van der Waals surface area contributed by atoms with E-state index in [2.05, 4.69) is 30.7 Å². The van der Waals surface area contributed by atoms with Gasteiger partial charge in [-0.25, -0.2) is 0 Å². The normalized spacial score (nSPS) is 10.7. The minimum atomic E-state index is 0.938. The Balaban J connectivity index is 2.87. The van der Waals surface area contributed by atoms with Crippen LogP contribution in [-0.4, -0.2) is 11.7 Å². The van der Waals surface area contributed by atoms with E-state index in [4.69, 9.17) is 4.74 Å². The van der Waals surface area contributed by atoms with Gasteiger partial charge in [-0.1, -0.05) is 12.1 Å². The average Bonchev–Trinajstić information content (AvgIpc) is 2.43. The van der Waals surface area contributed by atoms with Crippen LogP contribution in [0.1, 0.15) is 5.69 Å². The van der Waals surface area contributed by atoms with Gasteiger partial charge in [-0.3, -0.25) is 0 Å². The lowest BCUT2D eigenvalue weighted by atomic mass is 10.2. The summed E-state index contributed by atoms with van der Waals surface area (Å²) >= 11 is 0. The topological polar surface area (TPSA) is 14.2 Å². The monoisotopic (exact) mass is 175 g/mol. The Labute approximate surface area is 77.7 Å². The molecule has 2 nitrogen and oxygen atoms in total. The molecule has 0 N–H and O–H groups in total. The van der Waals surface area contributed by atoms with Crippen molar-refractivity contribution in [2.75, 3.05) is 7.11 Å². The van der Waals surface area contributed by atoms with Gasteiger partial charge in [0, 0.05) is 18.1 Å². The quantitative estimate of drug-likeness (QED) is 0.649. The highest BCUT2D eigenvalue weighted by Gasteiger charge is 2.06. The van der Waals surface area contributed by atoms with Gasteiger partial charge < -0.3 is 9.30 Å². The van der Waals surface area contributed by atoms with Crippen molar-refractivity contribution in [1.29, 1.82) is 0 Å². The molecule has 0 fully saturated rings. The lowest BCUT2D eigenvalue weighted by Gasteiger charge is -2.04. The number of hydrogen-bond acceptors (Lipinski definition) is 1. The number of aryl methyl sites for hydroxylation is 2. The SMILES string of the molecule is COc1cccc2cc(C)n(C)c12. The van der Waals surface area contributed by atoms with Crippen LogP contribution < -0.4 is 4.74 Å². The van der Waals surface area contributed by atoms with Gasteiger partial charge in [-0.05, 0) is 19.1 Å². The van der Waals surface area contributed by atoms with Gasteiger partial charge in [0.15, 0.2) is 0 Å². The zero-order valence-corrected chi connectivity index (χ0v) is 8.16. The van der Waals surface area contributed by atoms with Crippen molar-refractivity contribution in [3.63, 3.8) is 0 Å². The first kappa shape index (κ1) is 8.17. The number of methoxy groups -OCH3 is 1. The Hall–Kier alpha value is -1.44. The van der Waals surface area contributed by atoms with Crippen molar-refractivity contribution in [3.05, 3.63) is 30.0 Å². The second-order valence-corrected chi connectivity index (χ2v) is 3.24. The standard InChI is InChI=1S/C11H13NO/c1-8-7-9-5-4-6-10(13-3)11(9)12(8)2/h4-7H,1-3H3. The van der Waals surface area contributed by atoms with Crippen LogP contribution in [0.5, 0.6) is 5.75 Å². The molecule has 1 aromatic carbocycles. The van der Waals surface area contributed by atoms with Crippen molar-refractivity contribution in [2.45, 2.75) is 6.92 Å². The number of hydrogen-bond donors (Lipinski definition) is 0. The Kier molecular flexibility index (Phi) is 1.76. The summed E-state index contributed by atoms with van der Waals surface area (Å²) in [4.78, 5) is 0. The number of para-hydroxylation sites is 1. The van der Waals surface area contributed by atoms with Gasteiger partial charge in [0.1, 0.15) is 5.75 Å². The van der Waals surface area contributed by atoms with E-state index >= 15 is 0 Å². The minimum absolute atomic E-state index is 0.938. The molecule has 0 spiro atoms. The van der Waals surface area contributed by atoms with Gasteiger partial charge >= 0.3 is 0 Å². The van der Waals surface area contributed by atoms with Crippen molar-refractivity contribution in [3.8, 4) is 5.75 Å². The van der Waals surface area contributed by atoms with E-state index in [0.29, 0.717) is 0 Å². The zero-order valence-electron chi connectivity index (χ0n) is 8.16.